The zero-order chi connectivity index (χ0) is 17.4. The van der Waals surface area contributed by atoms with Crippen molar-refractivity contribution in [2.24, 2.45) is 0 Å². The van der Waals surface area contributed by atoms with Gasteiger partial charge >= 0.3 is 0 Å². The third-order valence-corrected chi connectivity index (χ3v) is 3.63. The van der Waals surface area contributed by atoms with Gasteiger partial charge in [0.2, 0.25) is 11.8 Å². The lowest BCUT2D eigenvalue weighted by molar-refractivity contribution is -0.126. The van der Waals surface area contributed by atoms with E-state index in [1.54, 1.807) is 0 Å². The van der Waals surface area contributed by atoms with Gasteiger partial charge in [0.1, 0.15) is 6.42 Å². The maximum absolute atomic E-state index is 11.9. The minimum atomic E-state index is -0.291. The average molecular weight is 324 g/mol. The van der Waals surface area contributed by atoms with Crippen molar-refractivity contribution < 1.29 is 9.59 Å². The van der Waals surface area contributed by atoms with Crippen molar-refractivity contribution >= 4 is 17.5 Å². The Morgan fingerprint density at radius 2 is 1.58 bits per heavy atom. The normalized spacial score (nSPS) is 10.2. The molecule has 0 fully saturated rings. The first-order valence-corrected chi connectivity index (χ1v) is 8.22. The number of carbonyl (C=O) groups excluding carboxylic acids is 2. The molecular formula is C20H24N2O2. The molecule has 2 N–H and O–H groups in total. The Morgan fingerprint density at radius 1 is 0.917 bits per heavy atom. The summed E-state index contributed by atoms with van der Waals surface area (Å²) in [5, 5.41) is 5.56. The Kier molecular flexibility index (Phi) is 6.55. The highest BCUT2D eigenvalue weighted by Crippen LogP contribution is 2.13. The van der Waals surface area contributed by atoms with Crippen molar-refractivity contribution in [3.63, 3.8) is 0 Å². The summed E-state index contributed by atoms with van der Waals surface area (Å²) in [6.07, 6.45) is 1.61. The largest absolute Gasteiger partial charge is 0.356 e. The van der Waals surface area contributed by atoms with E-state index >= 15 is 0 Å². The van der Waals surface area contributed by atoms with Crippen LogP contribution in [-0.4, -0.2) is 18.4 Å². The van der Waals surface area contributed by atoms with Gasteiger partial charge in [0.15, 0.2) is 0 Å². The van der Waals surface area contributed by atoms with Crippen molar-refractivity contribution in [2.75, 3.05) is 11.9 Å². The summed E-state index contributed by atoms with van der Waals surface area (Å²) in [4.78, 5) is 23.7. The number of benzene rings is 2. The Bertz CT molecular complexity index is 676. The van der Waals surface area contributed by atoms with Crippen molar-refractivity contribution in [3.8, 4) is 0 Å². The fourth-order valence-electron chi connectivity index (χ4n) is 2.63. The summed E-state index contributed by atoms with van der Waals surface area (Å²) in [5.41, 5.74) is 4.14. The van der Waals surface area contributed by atoms with Crippen LogP contribution in [0.1, 0.15) is 29.5 Å². The molecule has 2 aromatic rings. The van der Waals surface area contributed by atoms with Crippen LogP contribution in [-0.2, 0) is 16.0 Å². The molecule has 0 radical (unpaired) electrons. The molecule has 0 saturated heterocycles. The minimum absolute atomic E-state index is 0.154. The molecule has 126 valence electrons. The Balaban J connectivity index is 1.69. The lowest BCUT2D eigenvalue weighted by atomic mass is 10.1. The number of nitrogens with one attached hydrogen (secondary N) is 2. The maximum atomic E-state index is 11.9. The van der Waals surface area contributed by atoms with Crippen molar-refractivity contribution in [1.29, 1.82) is 0 Å². The van der Waals surface area contributed by atoms with Crippen LogP contribution in [0.5, 0.6) is 0 Å². The van der Waals surface area contributed by atoms with E-state index in [0.717, 1.165) is 29.7 Å². The van der Waals surface area contributed by atoms with Crippen molar-refractivity contribution in [2.45, 2.75) is 33.1 Å². The number of carbonyl (C=O) groups is 2. The predicted molar refractivity (Wildman–Crippen MR) is 96.9 cm³/mol. The van der Waals surface area contributed by atoms with Gasteiger partial charge in [0.25, 0.3) is 0 Å². The molecule has 0 bridgehead atoms. The van der Waals surface area contributed by atoms with Gasteiger partial charge in [-0.2, -0.15) is 0 Å². The number of aryl methyl sites for hydroxylation is 3. The fraction of sp³-hybridized carbons (Fsp3) is 0.300. The third kappa shape index (κ3) is 6.24. The third-order valence-electron chi connectivity index (χ3n) is 3.63. The van der Waals surface area contributed by atoms with Crippen molar-refractivity contribution in [1.82, 2.24) is 5.32 Å². The summed E-state index contributed by atoms with van der Waals surface area (Å²) in [6, 6.07) is 16.0. The smallest absolute Gasteiger partial charge is 0.233 e. The van der Waals surface area contributed by atoms with E-state index in [-0.39, 0.29) is 18.2 Å². The Morgan fingerprint density at radius 3 is 2.25 bits per heavy atom. The first-order chi connectivity index (χ1) is 11.5. The molecule has 2 amide bonds. The fourth-order valence-corrected chi connectivity index (χ4v) is 2.63. The summed E-state index contributed by atoms with van der Waals surface area (Å²) in [7, 11) is 0. The Labute approximate surface area is 143 Å². The number of hydrogen-bond acceptors (Lipinski definition) is 2. The van der Waals surface area contributed by atoms with Crippen LogP contribution >= 0.6 is 0 Å². The van der Waals surface area contributed by atoms with Gasteiger partial charge in [-0.1, -0.05) is 36.4 Å². The van der Waals surface area contributed by atoms with Crippen LogP contribution in [0.2, 0.25) is 0 Å². The molecule has 0 aliphatic heterocycles. The second-order valence-electron chi connectivity index (χ2n) is 6.04. The monoisotopic (exact) mass is 324 g/mol. The lowest BCUT2D eigenvalue weighted by Crippen LogP contribution is -2.29. The molecular weight excluding hydrogens is 300 g/mol. The molecule has 0 unspecified atom stereocenters. The highest BCUT2D eigenvalue weighted by molar-refractivity contribution is 6.03. The molecule has 2 aromatic carbocycles. The van der Waals surface area contributed by atoms with Gasteiger partial charge in [-0.25, -0.2) is 0 Å². The number of hydrogen-bond donors (Lipinski definition) is 2. The lowest BCUT2D eigenvalue weighted by Gasteiger charge is -2.08. The molecule has 4 nitrogen and oxygen atoms in total. The quantitative estimate of drug-likeness (QED) is 0.606. The van der Waals surface area contributed by atoms with Gasteiger partial charge in [0.05, 0.1) is 0 Å². The van der Waals surface area contributed by atoms with Gasteiger partial charge in [-0.05, 0) is 55.5 Å². The SMILES string of the molecule is Cc1cc(C)cc(NC(=O)CC(=O)NCCCc2ccccc2)c1. The second kappa shape index (κ2) is 8.87. The van der Waals surface area contributed by atoms with E-state index in [2.05, 4.69) is 22.8 Å². The van der Waals surface area contributed by atoms with Gasteiger partial charge in [-0.15, -0.1) is 0 Å². The van der Waals surface area contributed by atoms with Crippen LogP contribution in [0.4, 0.5) is 5.69 Å². The van der Waals surface area contributed by atoms with Crippen LogP contribution in [0.15, 0.2) is 48.5 Å². The maximum Gasteiger partial charge on any atom is 0.233 e. The molecule has 0 aliphatic carbocycles. The average Bonchev–Trinajstić information content (AvgIpc) is 2.51. The van der Waals surface area contributed by atoms with Gasteiger partial charge in [-0.3, -0.25) is 9.59 Å². The number of anilines is 1. The van der Waals surface area contributed by atoms with Crippen LogP contribution in [0.3, 0.4) is 0 Å². The van der Waals surface area contributed by atoms with Crippen LogP contribution in [0, 0.1) is 13.8 Å². The summed E-state index contributed by atoms with van der Waals surface area (Å²) in [6.45, 7) is 4.52. The minimum Gasteiger partial charge on any atom is -0.356 e. The standard InChI is InChI=1S/C20H24N2O2/c1-15-11-16(2)13-18(12-15)22-20(24)14-19(23)21-10-6-9-17-7-4-3-5-8-17/h3-5,7-8,11-13H,6,9-10,14H2,1-2H3,(H,21,23)(H,22,24). The number of rotatable bonds is 7. The van der Waals surface area contributed by atoms with E-state index in [4.69, 9.17) is 0 Å². The highest BCUT2D eigenvalue weighted by atomic mass is 16.2. The van der Waals surface area contributed by atoms with Crippen LogP contribution in [0.25, 0.3) is 0 Å². The summed E-state index contributed by atoms with van der Waals surface area (Å²) < 4.78 is 0. The number of amides is 2. The first-order valence-electron chi connectivity index (χ1n) is 8.22. The second-order valence-corrected chi connectivity index (χ2v) is 6.04. The van der Waals surface area contributed by atoms with Gasteiger partial charge in [0, 0.05) is 12.2 Å². The zero-order valence-corrected chi connectivity index (χ0v) is 14.3. The molecule has 4 heteroatoms. The summed E-state index contributed by atoms with van der Waals surface area (Å²) in [5.74, 6) is -0.537. The molecule has 0 heterocycles. The van der Waals surface area contributed by atoms with E-state index < -0.39 is 0 Å². The van der Waals surface area contributed by atoms with E-state index in [1.165, 1.54) is 5.56 Å². The molecule has 0 spiro atoms. The highest BCUT2D eigenvalue weighted by Gasteiger charge is 2.09. The molecule has 0 atom stereocenters. The zero-order valence-electron chi connectivity index (χ0n) is 14.3. The van der Waals surface area contributed by atoms with E-state index in [0.29, 0.717) is 6.54 Å². The topological polar surface area (TPSA) is 58.2 Å². The summed E-state index contributed by atoms with van der Waals surface area (Å²) >= 11 is 0. The van der Waals surface area contributed by atoms with E-state index in [1.807, 2.05) is 50.2 Å². The first kappa shape index (κ1) is 17.7. The Hall–Kier alpha value is -2.62. The predicted octanol–water partition coefficient (Wildman–Crippen LogP) is 3.38. The van der Waals surface area contributed by atoms with Crippen molar-refractivity contribution in [3.05, 3.63) is 65.2 Å². The van der Waals surface area contributed by atoms with Gasteiger partial charge < -0.3 is 10.6 Å². The van der Waals surface area contributed by atoms with E-state index in [9.17, 15) is 9.59 Å². The molecule has 0 aromatic heterocycles. The molecule has 24 heavy (non-hydrogen) atoms. The van der Waals surface area contributed by atoms with Crippen LogP contribution < -0.4 is 10.6 Å². The molecule has 0 aliphatic rings. The molecule has 2 rings (SSSR count). The molecule has 0 saturated carbocycles.